The van der Waals surface area contributed by atoms with Crippen molar-refractivity contribution in [3.05, 3.63) is 70.8 Å². The Bertz CT molecular complexity index is 727. The summed E-state index contributed by atoms with van der Waals surface area (Å²) >= 11 is 0. The molecule has 0 radical (unpaired) electrons. The molecule has 0 bridgehead atoms. The second-order valence-electron chi connectivity index (χ2n) is 5.61. The molecule has 0 heterocycles. The summed E-state index contributed by atoms with van der Waals surface area (Å²) in [6.07, 6.45) is -0.172. The zero-order valence-corrected chi connectivity index (χ0v) is 13.8. The van der Waals surface area contributed by atoms with Gasteiger partial charge in [0.05, 0.1) is 19.1 Å². The molecule has 5 heteroatoms. The van der Waals surface area contributed by atoms with Crippen LogP contribution < -0.4 is 5.32 Å². The molecule has 0 spiro atoms. The fourth-order valence-corrected chi connectivity index (χ4v) is 2.60. The van der Waals surface area contributed by atoms with Gasteiger partial charge >= 0.3 is 5.97 Å². The van der Waals surface area contributed by atoms with E-state index in [0.717, 1.165) is 16.7 Å². The van der Waals surface area contributed by atoms with Gasteiger partial charge in [-0.1, -0.05) is 36.4 Å². The molecule has 2 rings (SSSR count). The van der Waals surface area contributed by atoms with Crippen molar-refractivity contribution in [2.75, 3.05) is 7.11 Å². The van der Waals surface area contributed by atoms with Crippen LogP contribution in [0.25, 0.3) is 0 Å². The van der Waals surface area contributed by atoms with E-state index >= 15 is 0 Å². The maximum Gasteiger partial charge on any atom is 0.305 e. The van der Waals surface area contributed by atoms with Gasteiger partial charge in [0.25, 0.3) is 5.91 Å². The molecule has 1 amide bonds. The van der Waals surface area contributed by atoms with Crippen LogP contribution in [0.15, 0.2) is 48.5 Å². The molecular formula is C19H21NO4. The Morgan fingerprint density at radius 1 is 1.17 bits per heavy atom. The highest BCUT2D eigenvalue weighted by atomic mass is 16.5. The smallest absolute Gasteiger partial charge is 0.305 e. The number of carbonyl (C=O) groups excluding carboxylic acids is 1. The number of aliphatic carboxylic acids is 1. The van der Waals surface area contributed by atoms with Crippen molar-refractivity contribution in [3.63, 3.8) is 0 Å². The lowest BCUT2D eigenvalue weighted by Crippen LogP contribution is -2.30. The van der Waals surface area contributed by atoms with Crippen LogP contribution in [0.5, 0.6) is 0 Å². The van der Waals surface area contributed by atoms with E-state index in [2.05, 4.69) is 5.32 Å². The first-order valence-electron chi connectivity index (χ1n) is 7.67. The molecule has 5 nitrogen and oxygen atoms in total. The lowest BCUT2D eigenvalue weighted by Gasteiger charge is -2.19. The number of carbonyl (C=O) groups is 2. The standard InChI is InChI=1S/C19H21NO4/c1-13-6-3-4-9-16(13)17(11-18(21)22)20-19(23)15-8-5-7-14(10-15)12-24-2/h3-10,17H,11-12H2,1-2H3,(H,20,23)(H,21,22). The van der Waals surface area contributed by atoms with Crippen LogP contribution in [0.4, 0.5) is 0 Å². The van der Waals surface area contributed by atoms with Crippen LogP contribution in [0.3, 0.4) is 0 Å². The summed E-state index contributed by atoms with van der Waals surface area (Å²) in [4.78, 5) is 23.7. The minimum Gasteiger partial charge on any atom is -0.481 e. The highest BCUT2D eigenvalue weighted by Gasteiger charge is 2.20. The number of hydrogen-bond acceptors (Lipinski definition) is 3. The van der Waals surface area contributed by atoms with Gasteiger partial charge in [0.2, 0.25) is 0 Å². The number of carboxylic acid groups (broad SMARTS) is 1. The lowest BCUT2D eigenvalue weighted by atomic mass is 9.98. The number of carboxylic acids is 1. The van der Waals surface area contributed by atoms with Crippen molar-refractivity contribution >= 4 is 11.9 Å². The predicted octanol–water partition coefficient (Wildman–Crippen LogP) is 3.09. The Balaban J connectivity index is 2.23. The van der Waals surface area contributed by atoms with E-state index in [9.17, 15) is 9.59 Å². The number of methoxy groups -OCH3 is 1. The van der Waals surface area contributed by atoms with Gasteiger partial charge in [-0.3, -0.25) is 9.59 Å². The Morgan fingerprint density at radius 3 is 2.58 bits per heavy atom. The lowest BCUT2D eigenvalue weighted by molar-refractivity contribution is -0.137. The maximum absolute atomic E-state index is 12.5. The SMILES string of the molecule is COCc1cccc(C(=O)NC(CC(=O)O)c2ccccc2C)c1. The van der Waals surface area contributed by atoms with Crippen LogP contribution in [0, 0.1) is 6.92 Å². The zero-order chi connectivity index (χ0) is 17.5. The zero-order valence-electron chi connectivity index (χ0n) is 13.8. The fourth-order valence-electron chi connectivity index (χ4n) is 2.60. The molecular weight excluding hydrogens is 306 g/mol. The van der Waals surface area contributed by atoms with Crippen LogP contribution in [-0.2, 0) is 16.1 Å². The van der Waals surface area contributed by atoms with Gasteiger partial charge in [0.15, 0.2) is 0 Å². The molecule has 0 aliphatic heterocycles. The predicted molar refractivity (Wildman–Crippen MR) is 90.8 cm³/mol. The van der Waals surface area contributed by atoms with E-state index in [1.54, 1.807) is 25.3 Å². The molecule has 2 N–H and O–H groups in total. The number of nitrogens with one attached hydrogen (secondary N) is 1. The fraction of sp³-hybridized carbons (Fsp3) is 0.263. The second kappa shape index (κ2) is 8.26. The second-order valence-corrected chi connectivity index (χ2v) is 5.61. The van der Waals surface area contributed by atoms with Crippen LogP contribution in [-0.4, -0.2) is 24.1 Å². The number of hydrogen-bond donors (Lipinski definition) is 2. The Morgan fingerprint density at radius 2 is 1.92 bits per heavy atom. The first kappa shape index (κ1) is 17.7. The molecule has 0 aromatic heterocycles. The first-order valence-corrected chi connectivity index (χ1v) is 7.67. The third-order valence-electron chi connectivity index (χ3n) is 3.75. The molecule has 24 heavy (non-hydrogen) atoms. The minimum atomic E-state index is -0.961. The highest BCUT2D eigenvalue weighted by molar-refractivity contribution is 5.94. The van der Waals surface area contributed by atoms with Gasteiger partial charge in [0.1, 0.15) is 0 Å². The van der Waals surface area contributed by atoms with Crippen molar-refractivity contribution in [3.8, 4) is 0 Å². The quantitative estimate of drug-likeness (QED) is 0.819. The molecule has 126 valence electrons. The van der Waals surface area contributed by atoms with Crippen molar-refractivity contribution in [1.82, 2.24) is 5.32 Å². The van der Waals surface area contributed by atoms with E-state index in [4.69, 9.17) is 9.84 Å². The number of aryl methyl sites for hydroxylation is 1. The summed E-state index contributed by atoms with van der Waals surface area (Å²) in [5.74, 6) is -1.26. The van der Waals surface area contributed by atoms with E-state index < -0.39 is 12.0 Å². The van der Waals surface area contributed by atoms with E-state index in [1.165, 1.54) is 0 Å². The van der Waals surface area contributed by atoms with Gasteiger partial charge in [0, 0.05) is 12.7 Å². The van der Waals surface area contributed by atoms with Crippen molar-refractivity contribution in [2.45, 2.75) is 26.0 Å². The summed E-state index contributed by atoms with van der Waals surface area (Å²) in [5, 5.41) is 12.0. The third kappa shape index (κ3) is 4.67. The molecule has 1 unspecified atom stereocenters. The summed E-state index contributed by atoms with van der Waals surface area (Å²) in [5.41, 5.74) is 3.11. The normalized spacial score (nSPS) is 11.8. The van der Waals surface area contributed by atoms with Gasteiger partial charge < -0.3 is 15.2 Å². The van der Waals surface area contributed by atoms with Crippen LogP contribution in [0.1, 0.15) is 39.5 Å². The maximum atomic E-state index is 12.5. The number of amides is 1. The van der Waals surface area contributed by atoms with Crippen molar-refractivity contribution < 1.29 is 19.4 Å². The molecule has 0 aliphatic rings. The summed E-state index contributed by atoms with van der Waals surface area (Å²) in [6, 6.07) is 14.0. The van der Waals surface area contributed by atoms with Gasteiger partial charge in [-0.15, -0.1) is 0 Å². The van der Waals surface area contributed by atoms with E-state index in [1.807, 2.05) is 37.3 Å². The first-order chi connectivity index (χ1) is 11.5. The third-order valence-corrected chi connectivity index (χ3v) is 3.75. The van der Waals surface area contributed by atoms with Crippen LogP contribution >= 0.6 is 0 Å². The average molecular weight is 327 g/mol. The summed E-state index contributed by atoms with van der Waals surface area (Å²) < 4.78 is 5.07. The highest BCUT2D eigenvalue weighted by Crippen LogP contribution is 2.21. The Labute approximate surface area is 141 Å². The molecule has 2 aromatic carbocycles. The van der Waals surface area contributed by atoms with Gasteiger partial charge in [-0.25, -0.2) is 0 Å². The largest absolute Gasteiger partial charge is 0.481 e. The van der Waals surface area contributed by atoms with E-state index in [0.29, 0.717) is 12.2 Å². The topological polar surface area (TPSA) is 75.6 Å². The average Bonchev–Trinajstić information content (AvgIpc) is 2.55. The summed E-state index contributed by atoms with van der Waals surface area (Å²) in [7, 11) is 1.59. The van der Waals surface area contributed by atoms with E-state index in [-0.39, 0.29) is 12.3 Å². The Hall–Kier alpha value is -2.66. The molecule has 0 fully saturated rings. The number of ether oxygens (including phenoxy) is 1. The van der Waals surface area contributed by atoms with Crippen LogP contribution in [0.2, 0.25) is 0 Å². The molecule has 0 saturated carbocycles. The molecule has 2 aromatic rings. The molecule has 0 saturated heterocycles. The molecule has 0 aliphatic carbocycles. The molecule has 1 atom stereocenters. The minimum absolute atomic E-state index is 0.172. The van der Waals surface area contributed by atoms with Gasteiger partial charge in [-0.05, 0) is 35.7 Å². The van der Waals surface area contributed by atoms with Crippen molar-refractivity contribution in [2.24, 2.45) is 0 Å². The van der Waals surface area contributed by atoms with Gasteiger partial charge in [-0.2, -0.15) is 0 Å². The Kier molecular flexibility index (Phi) is 6.09. The number of rotatable bonds is 7. The summed E-state index contributed by atoms with van der Waals surface area (Å²) in [6.45, 7) is 2.31. The monoisotopic (exact) mass is 327 g/mol. The van der Waals surface area contributed by atoms with Crippen molar-refractivity contribution in [1.29, 1.82) is 0 Å². The number of benzene rings is 2.